The summed E-state index contributed by atoms with van der Waals surface area (Å²) in [5.41, 5.74) is 3.81. The molecule has 0 amide bonds. The van der Waals surface area contributed by atoms with E-state index in [-0.39, 0.29) is 5.75 Å². The predicted molar refractivity (Wildman–Crippen MR) is 80.7 cm³/mol. The molecule has 0 radical (unpaired) electrons. The summed E-state index contributed by atoms with van der Waals surface area (Å²) in [7, 11) is 0. The number of benzene rings is 1. The number of hydrogen-bond acceptors (Lipinski definition) is 5. The van der Waals surface area contributed by atoms with Crippen LogP contribution in [0.4, 0.5) is 0 Å². The van der Waals surface area contributed by atoms with Crippen LogP contribution in [0.15, 0.2) is 61.2 Å². The zero-order valence-electron chi connectivity index (χ0n) is 11.5. The lowest BCUT2D eigenvalue weighted by Gasteiger charge is -2.14. The van der Waals surface area contributed by atoms with Gasteiger partial charge in [-0.25, -0.2) is 0 Å². The standard InChI is InChI=1S/C16H11N5O/c22-15-5-1-4-14(16(15)13-3-2-7-17-20-13)21-8-6-12-11(10-21)9-18-19-12/h1-10,22H. The van der Waals surface area contributed by atoms with Crippen LogP contribution < -0.4 is 0 Å². The molecule has 1 N–H and O–H groups in total. The van der Waals surface area contributed by atoms with Crippen molar-refractivity contribution in [3.8, 4) is 34.0 Å². The van der Waals surface area contributed by atoms with Gasteiger partial charge >= 0.3 is 0 Å². The molecule has 0 unspecified atom stereocenters. The molecular formula is C16H11N5O. The second-order valence-electron chi connectivity index (χ2n) is 4.82. The van der Waals surface area contributed by atoms with Gasteiger partial charge in [0.05, 0.1) is 28.8 Å². The number of aromatic nitrogens is 5. The minimum Gasteiger partial charge on any atom is -0.507 e. The van der Waals surface area contributed by atoms with Crippen molar-refractivity contribution in [3.05, 3.63) is 61.2 Å². The van der Waals surface area contributed by atoms with Crippen LogP contribution in [-0.2, 0) is 0 Å². The van der Waals surface area contributed by atoms with Crippen molar-refractivity contribution in [1.29, 1.82) is 0 Å². The van der Waals surface area contributed by atoms with E-state index in [1.54, 1.807) is 30.6 Å². The van der Waals surface area contributed by atoms with Crippen molar-refractivity contribution in [2.24, 2.45) is 0 Å². The molecule has 2 aliphatic rings. The monoisotopic (exact) mass is 289 g/mol. The van der Waals surface area contributed by atoms with Crippen molar-refractivity contribution >= 4 is 0 Å². The Bertz CT molecular complexity index is 903. The molecule has 4 rings (SSSR count). The van der Waals surface area contributed by atoms with Gasteiger partial charge < -0.3 is 9.67 Å². The van der Waals surface area contributed by atoms with Gasteiger partial charge in [0.2, 0.25) is 0 Å². The van der Waals surface area contributed by atoms with E-state index in [0.717, 1.165) is 16.9 Å². The van der Waals surface area contributed by atoms with Crippen LogP contribution in [0.1, 0.15) is 0 Å². The summed E-state index contributed by atoms with van der Waals surface area (Å²) in [5.74, 6) is 0.157. The highest BCUT2D eigenvalue weighted by atomic mass is 16.3. The van der Waals surface area contributed by atoms with Gasteiger partial charge in [-0.15, -0.1) is 0 Å². The lowest BCUT2D eigenvalue weighted by molar-refractivity contribution is 0.476. The Morgan fingerprint density at radius 1 is 0.909 bits per heavy atom. The molecule has 106 valence electrons. The van der Waals surface area contributed by atoms with E-state index in [0.29, 0.717) is 11.3 Å². The van der Waals surface area contributed by atoms with Gasteiger partial charge in [-0.3, -0.25) is 0 Å². The fourth-order valence-corrected chi connectivity index (χ4v) is 2.44. The summed E-state index contributed by atoms with van der Waals surface area (Å²) in [5, 5.41) is 26.2. The fraction of sp³-hybridized carbons (Fsp3) is 0. The van der Waals surface area contributed by atoms with Crippen LogP contribution in [0.3, 0.4) is 0 Å². The molecule has 0 bridgehead atoms. The Balaban J connectivity index is 1.96. The van der Waals surface area contributed by atoms with Crippen molar-refractivity contribution in [1.82, 2.24) is 25.0 Å². The zero-order valence-corrected chi connectivity index (χ0v) is 11.5. The number of fused-ring (bicyclic) bond motifs is 1. The van der Waals surface area contributed by atoms with Crippen LogP contribution in [0.2, 0.25) is 0 Å². The number of hydrogen-bond donors (Lipinski definition) is 1. The highest BCUT2D eigenvalue weighted by molar-refractivity contribution is 5.76. The lowest BCUT2D eigenvalue weighted by atomic mass is 10.1. The quantitative estimate of drug-likeness (QED) is 0.613. The van der Waals surface area contributed by atoms with Gasteiger partial charge in [-0.05, 0) is 30.3 Å². The fourth-order valence-electron chi connectivity index (χ4n) is 2.44. The van der Waals surface area contributed by atoms with E-state index in [1.807, 2.05) is 35.2 Å². The Labute approximate surface area is 126 Å². The molecule has 6 nitrogen and oxygen atoms in total. The van der Waals surface area contributed by atoms with Crippen molar-refractivity contribution in [2.75, 3.05) is 0 Å². The highest BCUT2D eigenvalue weighted by Gasteiger charge is 2.14. The number of rotatable bonds is 2. The van der Waals surface area contributed by atoms with Crippen LogP contribution in [-0.4, -0.2) is 30.1 Å². The van der Waals surface area contributed by atoms with Gasteiger partial charge in [0, 0.05) is 24.2 Å². The summed E-state index contributed by atoms with van der Waals surface area (Å²) in [6.45, 7) is 0. The van der Waals surface area contributed by atoms with Gasteiger partial charge in [0.1, 0.15) is 5.75 Å². The van der Waals surface area contributed by atoms with E-state index >= 15 is 0 Å². The van der Waals surface area contributed by atoms with E-state index in [4.69, 9.17) is 0 Å². The molecule has 2 aromatic rings. The molecule has 0 saturated heterocycles. The summed E-state index contributed by atoms with van der Waals surface area (Å²) in [6, 6.07) is 10.8. The Morgan fingerprint density at radius 3 is 2.68 bits per heavy atom. The van der Waals surface area contributed by atoms with Gasteiger partial charge in [0.25, 0.3) is 0 Å². The van der Waals surface area contributed by atoms with Crippen LogP contribution >= 0.6 is 0 Å². The molecule has 6 heteroatoms. The Hall–Kier alpha value is -3.28. The zero-order chi connectivity index (χ0) is 14.9. The molecule has 0 spiro atoms. The molecule has 3 heterocycles. The first kappa shape index (κ1) is 12.5. The first-order valence-corrected chi connectivity index (χ1v) is 6.73. The van der Waals surface area contributed by atoms with Gasteiger partial charge in [-0.2, -0.15) is 20.4 Å². The molecule has 0 fully saturated rings. The van der Waals surface area contributed by atoms with Crippen LogP contribution in [0.5, 0.6) is 5.75 Å². The van der Waals surface area contributed by atoms with Crippen LogP contribution in [0, 0.1) is 0 Å². The highest BCUT2D eigenvalue weighted by Crippen LogP contribution is 2.34. The number of phenolic OH excluding ortho intramolecular Hbond substituents is 1. The maximum absolute atomic E-state index is 10.3. The number of phenols is 1. The van der Waals surface area contributed by atoms with Gasteiger partial charge in [0.15, 0.2) is 0 Å². The van der Waals surface area contributed by atoms with Crippen LogP contribution in [0.25, 0.3) is 28.2 Å². The van der Waals surface area contributed by atoms with Crippen molar-refractivity contribution in [2.45, 2.75) is 0 Å². The number of nitrogens with zero attached hydrogens (tertiary/aromatic N) is 5. The summed E-state index contributed by atoms with van der Waals surface area (Å²) < 4.78 is 1.91. The summed E-state index contributed by atoms with van der Waals surface area (Å²) in [6.07, 6.45) is 7.11. The molecule has 22 heavy (non-hydrogen) atoms. The molecule has 2 aliphatic heterocycles. The SMILES string of the molecule is Oc1cccc(-n2ccc3nncc-3c2)c1-c1cccnn1. The minimum atomic E-state index is 0.157. The minimum absolute atomic E-state index is 0.157. The van der Waals surface area contributed by atoms with Gasteiger partial charge in [-0.1, -0.05) is 6.07 Å². The number of aromatic hydroxyl groups is 1. The summed E-state index contributed by atoms with van der Waals surface area (Å²) >= 11 is 0. The third-order valence-electron chi connectivity index (χ3n) is 3.46. The third kappa shape index (κ3) is 1.98. The normalized spacial score (nSPS) is 10.9. The maximum atomic E-state index is 10.3. The van der Waals surface area contributed by atoms with E-state index in [1.165, 1.54) is 0 Å². The average Bonchev–Trinajstić information content (AvgIpc) is 3.03. The van der Waals surface area contributed by atoms with E-state index in [2.05, 4.69) is 20.4 Å². The predicted octanol–water partition coefficient (Wildman–Crippen LogP) is 2.53. The average molecular weight is 289 g/mol. The molecule has 1 aromatic heterocycles. The van der Waals surface area contributed by atoms with Crippen molar-refractivity contribution in [3.63, 3.8) is 0 Å². The molecule has 0 aliphatic carbocycles. The largest absolute Gasteiger partial charge is 0.507 e. The Morgan fingerprint density at radius 2 is 1.82 bits per heavy atom. The number of pyridine rings is 1. The summed E-state index contributed by atoms with van der Waals surface area (Å²) in [4.78, 5) is 0. The first-order chi connectivity index (χ1) is 10.8. The second-order valence-corrected chi connectivity index (χ2v) is 4.82. The third-order valence-corrected chi connectivity index (χ3v) is 3.46. The molecule has 0 atom stereocenters. The molecule has 1 aromatic carbocycles. The lowest BCUT2D eigenvalue weighted by Crippen LogP contribution is -2.00. The topological polar surface area (TPSA) is 76.7 Å². The Kier molecular flexibility index (Phi) is 2.79. The molecule has 0 saturated carbocycles. The van der Waals surface area contributed by atoms with E-state index < -0.39 is 0 Å². The smallest absolute Gasteiger partial charge is 0.127 e. The maximum Gasteiger partial charge on any atom is 0.127 e. The van der Waals surface area contributed by atoms with Crippen molar-refractivity contribution < 1.29 is 5.11 Å². The second kappa shape index (κ2) is 4.92. The van der Waals surface area contributed by atoms with E-state index in [9.17, 15) is 5.11 Å². The first-order valence-electron chi connectivity index (χ1n) is 6.73. The molecular weight excluding hydrogens is 278 g/mol.